The van der Waals surface area contributed by atoms with Crippen molar-refractivity contribution in [1.29, 1.82) is 0 Å². The van der Waals surface area contributed by atoms with Crippen molar-refractivity contribution in [2.24, 2.45) is 23.5 Å². The lowest BCUT2D eigenvalue weighted by molar-refractivity contribution is -0.143. The van der Waals surface area contributed by atoms with Crippen LogP contribution >= 0.6 is 0 Å². The molecule has 5 unspecified atom stereocenters. The van der Waals surface area contributed by atoms with Crippen LogP contribution in [0.4, 0.5) is 0 Å². The third kappa shape index (κ3) is 9.74. The fourth-order valence-electron chi connectivity index (χ4n) is 2.68. The maximum atomic E-state index is 12.6. The quantitative estimate of drug-likeness (QED) is 0.298. The van der Waals surface area contributed by atoms with Gasteiger partial charge in [0.1, 0.15) is 12.1 Å². The second-order valence-electron chi connectivity index (χ2n) is 8.09. The van der Waals surface area contributed by atoms with Crippen LogP contribution in [0.1, 0.15) is 60.8 Å². The van der Waals surface area contributed by atoms with E-state index in [1.165, 1.54) is 0 Å². The van der Waals surface area contributed by atoms with Crippen molar-refractivity contribution in [2.45, 2.75) is 78.9 Å². The molecule has 0 spiro atoms. The molecule has 0 radical (unpaired) electrons. The van der Waals surface area contributed by atoms with Gasteiger partial charge in [0.25, 0.3) is 0 Å². The third-order valence-corrected chi connectivity index (χ3v) is 5.12. The van der Waals surface area contributed by atoms with Crippen molar-refractivity contribution in [3.63, 3.8) is 0 Å². The molecule has 0 aromatic heterocycles. The minimum Gasteiger partial charge on any atom is -0.480 e. The number of hydrogen-bond acceptors (Lipinski definition) is 5. The van der Waals surface area contributed by atoms with Crippen molar-refractivity contribution >= 4 is 23.7 Å². The SMILES string of the molecule is CCC(C)C(N)C(=O)NCC(=O)NC(CC(C)C)C(=O)NC(C(=O)O)C(C)CC. The zero-order chi connectivity index (χ0) is 22.7. The van der Waals surface area contributed by atoms with E-state index >= 15 is 0 Å². The summed E-state index contributed by atoms with van der Waals surface area (Å²) in [4.78, 5) is 48.4. The van der Waals surface area contributed by atoms with E-state index in [0.29, 0.717) is 12.8 Å². The van der Waals surface area contributed by atoms with Crippen LogP contribution < -0.4 is 21.7 Å². The van der Waals surface area contributed by atoms with E-state index in [1.807, 2.05) is 34.6 Å². The molecule has 3 amide bonds. The Balaban J connectivity index is 4.97. The minimum atomic E-state index is -1.12. The highest BCUT2D eigenvalue weighted by Gasteiger charge is 2.30. The second-order valence-corrected chi connectivity index (χ2v) is 8.09. The fourth-order valence-corrected chi connectivity index (χ4v) is 2.68. The van der Waals surface area contributed by atoms with Gasteiger partial charge >= 0.3 is 5.97 Å². The van der Waals surface area contributed by atoms with Gasteiger partial charge in [-0.15, -0.1) is 0 Å². The number of nitrogens with two attached hydrogens (primary N) is 1. The van der Waals surface area contributed by atoms with Crippen LogP contribution in [0.15, 0.2) is 0 Å². The Morgan fingerprint density at radius 2 is 1.45 bits per heavy atom. The number of nitrogens with one attached hydrogen (secondary N) is 3. The smallest absolute Gasteiger partial charge is 0.326 e. The van der Waals surface area contributed by atoms with Gasteiger partial charge in [-0.25, -0.2) is 4.79 Å². The highest BCUT2D eigenvalue weighted by Crippen LogP contribution is 2.10. The molecule has 6 N–H and O–H groups in total. The van der Waals surface area contributed by atoms with Crippen LogP contribution in [-0.4, -0.2) is 53.5 Å². The Labute approximate surface area is 173 Å². The van der Waals surface area contributed by atoms with E-state index < -0.39 is 41.8 Å². The summed E-state index contributed by atoms with van der Waals surface area (Å²) in [6.45, 7) is 10.8. The van der Waals surface area contributed by atoms with Gasteiger partial charge < -0.3 is 26.8 Å². The van der Waals surface area contributed by atoms with Gasteiger partial charge in [0.15, 0.2) is 0 Å². The van der Waals surface area contributed by atoms with Gasteiger partial charge in [0, 0.05) is 0 Å². The van der Waals surface area contributed by atoms with Crippen molar-refractivity contribution in [3.8, 4) is 0 Å². The highest BCUT2D eigenvalue weighted by atomic mass is 16.4. The molecule has 0 aliphatic heterocycles. The molecule has 168 valence electrons. The van der Waals surface area contributed by atoms with Crippen molar-refractivity contribution < 1.29 is 24.3 Å². The van der Waals surface area contributed by atoms with Gasteiger partial charge in [0.2, 0.25) is 17.7 Å². The zero-order valence-electron chi connectivity index (χ0n) is 18.5. The first kappa shape index (κ1) is 26.8. The summed E-state index contributed by atoms with van der Waals surface area (Å²) >= 11 is 0. The van der Waals surface area contributed by atoms with Crippen LogP contribution in [0, 0.1) is 17.8 Å². The molecule has 0 aliphatic rings. The standard InChI is InChI=1S/C20H38N4O5/c1-7-12(5)16(21)19(27)22-10-15(25)23-14(9-11(3)4)18(26)24-17(20(28)29)13(6)8-2/h11-14,16-17H,7-10,21H2,1-6H3,(H,22,27)(H,23,25)(H,24,26)(H,28,29). The lowest BCUT2D eigenvalue weighted by Crippen LogP contribution is -2.55. The first-order chi connectivity index (χ1) is 13.4. The van der Waals surface area contributed by atoms with Crippen molar-refractivity contribution in [3.05, 3.63) is 0 Å². The van der Waals surface area contributed by atoms with E-state index in [2.05, 4.69) is 16.0 Å². The van der Waals surface area contributed by atoms with Crippen LogP contribution in [0.5, 0.6) is 0 Å². The van der Waals surface area contributed by atoms with Gasteiger partial charge in [-0.1, -0.05) is 54.4 Å². The van der Waals surface area contributed by atoms with Crippen LogP contribution in [-0.2, 0) is 19.2 Å². The van der Waals surface area contributed by atoms with Crippen LogP contribution in [0.3, 0.4) is 0 Å². The van der Waals surface area contributed by atoms with Crippen LogP contribution in [0.2, 0.25) is 0 Å². The van der Waals surface area contributed by atoms with Crippen molar-refractivity contribution in [2.75, 3.05) is 6.54 Å². The summed E-state index contributed by atoms with van der Waals surface area (Å²) in [5.74, 6) is -2.82. The topological polar surface area (TPSA) is 151 Å². The van der Waals surface area contributed by atoms with Gasteiger partial charge in [-0.2, -0.15) is 0 Å². The Morgan fingerprint density at radius 3 is 1.90 bits per heavy atom. The summed E-state index contributed by atoms with van der Waals surface area (Å²) in [5, 5.41) is 17.0. The van der Waals surface area contributed by atoms with Crippen molar-refractivity contribution in [1.82, 2.24) is 16.0 Å². The summed E-state index contributed by atoms with van der Waals surface area (Å²) in [6, 6.07) is -2.64. The normalized spacial score (nSPS) is 16.3. The lowest BCUT2D eigenvalue weighted by atomic mass is 9.97. The summed E-state index contributed by atoms with van der Waals surface area (Å²) in [6.07, 6.45) is 1.66. The Morgan fingerprint density at radius 1 is 0.897 bits per heavy atom. The monoisotopic (exact) mass is 414 g/mol. The van der Waals surface area contributed by atoms with Gasteiger partial charge in [0.05, 0.1) is 12.6 Å². The average molecular weight is 415 g/mol. The molecular formula is C20H38N4O5. The molecule has 0 saturated heterocycles. The molecule has 0 aromatic rings. The van der Waals surface area contributed by atoms with E-state index in [9.17, 15) is 24.3 Å². The molecule has 0 aromatic carbocycles. The molecule has 0 rings (SSSR count). The maximum Gasteiger partial charge on any atom is 0.326 e. The van der Waals surface area contributed by atoms with E-state index in [1.54, 1.807) is 6.92 Å². The Bertz CT molecular complexity index is 567. The molecule has 29 heavy (non-hydrogen) atoms. The number of carbonyl (C=O) groups excluding carboxylic acids is 3. The predicted octanol–water partition coefficient (Wildman–Crippen LogP) is 0.622. The molecule has 0 heterocycles. The second kappa shape index (κ2) is 13.1. The number of hydrogen-bond donors (Lipinski definition) is 5. The van der Waals surface area contributed by atoms with E-state index in [0.717, 1.165) is 6.42 Å². The van der Waals surface area contributed by atoms with Gasteiger partial charge in [-0.3, -0.25) is 14.4 Å². The third-order valence-electron chi connectivity index (χ3n) is 5.12. The number of carbonyl (C=O) groups is 4. The summed E-state index contributed by atoms with van der Waals surface area (Å²) < 4.78 is 0. The molecule has 5 atom stereocenters. The van der Waals surface area contributed by atoms with E-state index in [-0.39, 0.29) is 24.3 Å². The zero-order valence-corrected chi connectivity index (χ0v) is 18.5. The first-order valence-electron chi connectivity index (χ1n) is 10.3. The molecule has 9 nitrogen and oxygen atoms in total. The lowest BCUT2D eigenvalue weighted by Gasteiger charge is -2.25. The Hall–Kier alpha value is -2.16. The number of amides is 3. The van der Waals surface area contributed by atoms with Crippen LogP contribution in [0.25, 0.3) is 0 Å². The minimum absolute atomic E-state index is 0.0222. The number of rotatable bonds is 13. The molecule has 9 heteroatoms. The summed E-state index contributed by atoms with van der Waals surface area (Å²) in [7, 11) is 0. The molecule has 0 saturated carbocycles. The summed E-state index contributed by atoms with van der Waals surface area (Å²) in [5.41, 5.74) is 5.83. The average Bonchev–Trinajstić information content (AvgIpc) is 2.66. The first-order valence-corrected chi connectivity index (χ1v) is 10.3. The molecule has 0 fully saturated rings. The number of aliphatic carboxylic acids is 1. The molecule has 0 bridgehead atoms. The molecule has 0 aliphatic carbocycles. The molecular weight excluding hydrogens is 376 g/mol. The fraction of sp³-hybridized carbons (Fsp3) is 0.800. The number of carboxylic acid groups (broad SMARTS) is 1. The number of carboxylic acids is 1. The highest BCUT2D eigenvalue weighted by molar-refractivity contribution is 5.92. The van der Waals surface area contributed by atoms with Gasteiger partial charge in [-0.05, 0) is 24.2 Å². The largest absolute Gasteiger partial charge is 0.480 e. The maximum absolute atomic E-state index is 12.6. The van der Waals surface area contributed by atoms with E-state index in [4.69, 9.17) is 5.73 Å². The predicted molar refractivity (Wildman–Crippen MR) is 111 cm³/mol. The Kier molecular flexibility index (Phi) is 12.2.